The topological polar surface area (TPSA) is 130 Å². The molecular weight excluding hydrogens is 408 g/mol. The van der Waals surface area contributed by atoms with E-state index in [1.165, 1.54) is 7.05 Å². The van der Waals surface area contributed by atoms with Crippen LogP contribution in [0.2, 0.25) is 0 Å². The number of anilines is 3. The van der Waals surface area contributed by atoms with Crippen molar-refractivity contribution in [1.82, 2.24) is 14.8 Å². The van der Waals surface area contributed by atoms with Crippen LogP contribution in [-0.2, 0) is 10.3 Å². The molecule has 3 rings (SSSR count). The zero-order valence-corrected chi connectivity index (χ0v) is 19.3. The predicted octanol–water partition coefficient (Wildman–Crippen LogP) is 3.44. The number of carbonyl (C=O) groups is 1. The molecule has 32 heavy (non-hydrogen) atoms. The average Bonchev–Trinajstić information content (AvgIpc) is 3.15. The Morgan fingerprint density at radius 1 is 1.12 bits per heavy atom. The fraction of sp³-hybridized carbons (Fsp3) is 0.348. The molecule has 5 N–H and O–H groups in total. The van der Waals surface area contributed by atoms with E-state index in [1.54, 1.807) is 37.6 Å². The number of rotatable bonds is 8. The molecule has 0 aliphatic carbocycles. The number of carbonyl (C=O) groups excluding carboxylic acids is 1. The van der Waals surface area contributed by atoms with Gasteiger partial charge in [-0.25, -0.2) is 9.67 Å². The predicted molar refractivity (Wildman–Crippen MR) is 127 cm³/mol. The van der Waals surface area contributed by atoms with Crippen LogP contribution in [0.5, 0.6) is 5.88 Å². The van der Waals surface area contributed by atoms with Crippen molar-refractivity contribution in [2.75, 3.05) is 38.4 Å². The van der Waals surface area contributed by atoms with Crippen molar-refractivity contribution >= 4 is 23.5 Å². The van der Waals surface area contributed by atoms with Gasteiger partial charge in [-0.05, 0) is 46.0 Å². The fourth-order valence-corrected chi connectivity index (χ4v) is 2.93. The smallest absolute Gasteiger partial charge is 0.215 e. The number of ether oxygens (including phenoxy) is 2. The van der Waals surface area contributed by atoms with E-state index in [0.29, 0.717) is 41.9 Å². The second-order valence-corrected chi connectivity index (χ2v) is 7.78. The third-order valence-electron chi connectivity index (χ3n) is 4.39. The molecule has 2 aromatic heterocycles. The molecule has 0 atom stereocenters. The molecule has 0 bridgehead atoms. The number of aldehydes is 1. The Hall–Kier alpha value is -3.43. The Kier molecular flexibility index (Phi) is 8.74. The van der Waals surface area contributed by atoms with Crippen molar-refractivity contribution in [2.45, 2.75) is 26.3 Å². The molecule has 0 spiro atoms. The Labute approximate surface area is 188 Å². The van der Waals surface area contributed by atoms with E-state index in [4.69, 9.17) is 20.3 Å². The second kappa shape index (κ2) is 11.3. The van der Waals surface area contributed by atoms with Gasteiger partial charge in [0, 0.05) is 36.3 Å². The summed E-state index contributed by atoms with van der Waals surface area (Å²) in [7, 11) is 3.11. The number of benzene rings is 1. The van der Waals surface area contributed by atoms with Gasteiger partial charge in [0.1, 0.15) is 18.1 Å². The Bertz CT molecular complexity index is 1010. The standard InChI is InChI=1S/C22H27N5O3.CH5N/c1-22(2,3)27-21(25-17-9-10-24-19(13-17)30-12-11-29-4)18(14-28)20(26-27)15-5-7-16(23)8-6-15;1-2/h5-10,13-14H,11-12,23H2,1-4H3,(H,24,25);2H2,1H3. The zero-order chi connectivity index (χ0) is 23.7. The number of nitrogens with two attached hydrogens (primary N) is 2. The van der Waals surface area contributed by atoms with Crippen LogP contribution in [0.25, 0.3) is 11.3 Å². The molecule has 172 valence electrons. The number of hydrogen-bond donors (Lipinski definition) is 3. The van der Waals surface area contributed by atoms with Crippen molar-refractivity contribution in [3.63, 3.8) is 0 Å². The van der Waals surface area contributed by atoms with Crippen LogP contribution in [0.1, 0.15) is 31.1 Å². The van der Waals surface area contributed by atoms with Crippen LogP contribution in [0, 0.1) is 0 Å². The maximum absolute atomic E-state index is 12.1. The highest BCUT2D eigenvalue weighted by Gasteiger charge is 2.26. The van der Waals surface area contributed by atoms with Gasteiger partial charge in [-0.3, -0.25) is 4.79 Å². The van der Waals surface area contributed by atoms with Gasteiger partial charge >= 0.3 is 0 Å². The van der Waals surface area contributed by atoms with Crippen LogP contribution < -0.4 is 21.5 Å². The van der Waals surface area contributed by atoms with Gasteiger partial charge < -0.3 is 26.3 Å². The minimum atomic E-state index is -0.364. The lowest BCUT2D eigenvalue weighted by Crippen LogP contribution is -2.24. The molecule has 9 nitrogen and oxygen atoms in total. The Balaban J connectivity index is 0.00000176. The van der Waals surface area contributed by atoms with E-state index in [0.717, 1.165) is 17.5 Å². The first kappa shape index (κ1) is 24.8. The highest BCUT2D eigenvalue weighted by atomic mass is 16.5. The summed E-state index contributed by atoms with van der Waals surface area (Å²) < 4.78 is 12.4. The van der Waals surface area contributed by atoms with Gasteiger partial charge in [0.2, 0.25) is 5.88 Å². The molecule has 0 aliphatic rings. The molecule has 0 radical (unpaired) electrons. The van der Waals surface area contributed by atoms with Gasteiger partial charge in [0.05, 0.1) is 17.7 Å². The summed E-state index contributed by atoms with van der Waals surface area (Å²) in [6, 6.07) is 10.9. The van der Waals surface area contributed by atoms with Crippen LogP contribution in [0.4, 0.5) is 17.2 Å². The molecule has 0 saturated carbocycles. The monoisotopic (exact) mass is 440 g/mol. The van der Waals surface area contributed by atoms with Crippen molar-refractivity contribution in [3.8, 4) is 17.1 Å². The van der Waals surface area contributed by atoms with E-state index in [1.807, 2.05) is 37.6 Å². The third kappa shape index (κ3) is 6.05. The molecule has 9 heteroatoms. The van der Waals surface area contributed by atoms with Gasteiger partial charge in [0.25, 0.3) is 0 Å². The maximum Gasteiger partial charge on any atom is 0.215 e. The van der Waals surface area contributed by atoms with Gasteiger partial charge in [0.15, 0.2) is 6.29 Å². The molecule has 0 amide bonds. The molecule has 1 aromatic carbocycles. The average molecular weight is 441 g/mol. The molecule has 0 fully saturated rings. The Morgan fingerprint density at radius 3 is 2.41 bits per heavy atom. The van der Waals surface area contributed by atoms with Gasteiger partial charge in [-0.15, -0.1) is 0 Å². The van der Waals surface area contributed by atoms with E-state index in [9.17, 15) is 4.79 Å². The minimum absolute atomic E-state index is 0.364. The normalized spacial score (nSPS) is 10.8. The quantitative estimate of drug-likeness (QED) is 0.276. The van der Waals surface area contributed by atoms with Crippen LogP contribution in [0.15, 0.2) is 42.6 Å². The van der Waals surface area contributed by atoms with E-state index in [2.05, 4.69) is 16.0 Å². The van der Waals surface area contributed by atoms with Crippen LogP contribution in [-0.4, -0.2) is 48.4 Å². The number of nitrogens with one attached hydrogen (secondary N) is 1. The summed E-state index contributed by atoms with van der Waals surface area (Å²) in [6.07, 6.45) is 2.46. The van der Waals surface area contributed by atoms with Crippen LogP contribution in [0.3, 0.4) is 0 Å². The highest BCUT2D eigenvalue weighted by molar-refractivity contribution is 5.93. The largest absolute Gasteiger partial charge is 0.475 e. The second-order valence-electron chi connectivity index (χ2n) is 7.78. The third-order valence-corrected chi connectivity index (χ3v) is 4.39. The number of nitrogen functional groups attached to an aromatic ring is 1. The molecule has 0 aliphatic heterocycles. The number of aromatic nitrogens is 3. The number of nitrogens with zero attached hydrogens (tertiary/aromatic N) is 3. The summed E-state index contributed by atoms with van der Waals surface area (Å²) in [4.78, 5) is 16.3. The van der Waals surface area contributed by atoms with Crippen molar-refractivity contribution in [1.29, 1.82) is 0 Å². The molecule has 3 aromatic rings. The molecule has 2 heterocycles. The van der Waals surface area contributed by atoms with E-state index >= 15 is 0 Å². The molecule has 0 unspecified atom stereocenters. The summed E-state index contributed by atoms with van der Waals surface area (Å²) in [5.41, 5.74) is 13.2. The zero-order valence-electron chi connectivity index (χ0n) is 19.3. The molecule has 0 saturated heterocycles. The van der Waals surface area contributed by atoms with E-state index in [-0.39, 0.29) is 5.54 Å². The molecular formula is C23H32N6O3. The van der Waals surface area contributed by atoms with Crippen molar-refractivity contribution in [3.05, 3.63) is 48.2 Å². The Morgan fingerprint density at radius 2 is 1.81 bits per heavy atom. The minimum Gasteiger partial charge on any atom is -0.475 e. The van der Waals surface area contributed by atoms with Crippen molar-refractivity contribution < 1.29 is 14.3 Å². The van der Waals surface area contributed by atoms with Crippen LogP contribution >= 0.6 is 0 Å². The lowest BCUT2D eigenvalue weighted by molar-refractivity contribution is 0.112. The summed E-state index contributed by atoms with van der Waals surface area (Å²) in [5, 5.41) is 8.07. The van der Waals surface area contributed by atoms with Gasteiger partial charge in [-0.1, -0.05) is 12.1 Å². The number of methoxy groups -OCH3 is 1. The van der Waals surface area contributed by atoms with Crippen molar-refractivity contribution in [2.24, 2.45) is 5.73 Å². The first-order valence-corrected chi connectivity index (χ1v) is 10.2. The summed E-state index contributed by atoms with van der Waals surface area (Å²) >= 11 is 0. The summed E-state index contributed by atoms with van der Waals surface area (Å²) in [6.45, 7) is 6.94. The first-order chi connectivity index (χ1) is 15.3. The highest BCUT2D eigenvalue weighted by Crippen LogP contribution is 2.34. The lowest BCUT2D eigenvalue weighted by Gasteiger charge is -2.23. The first-order valence-electron chi connectivity index (χ1n) is 10.2. The van der Waals surface area contributed by atoms with Gasteiger partial charge in [-0.2, -0.15) is 5.10 Å². The van der Waals surface area contributed by atoms with E-state index < -0.39 is 0 Å². The summed E-state index contributed by atoms with van der Waals surface area (Å²) in [5.74, 6) is 1.06. The maximum atomic E-state index is 12.1. The lowest BCUT2D eigenvalue weighted by atomic mass is 10.1. The fourth-order valence-electron chi connectivity index (χ4n) is 2.93. The number of hydrogen-bond acceptors (Lipinski definition) is 8. The number of pyridine rings is 1. The SMILES string of the molecule is CN.COCCOc1cc(Nc2c(C=O)c(-c3ccc(N)cc3)nn2C(C)(C)C)ccn1.